The van der Waals surface area contributed by atoms with Gasteiger partial charge in [-0.15, -0.1) is 0 Å². The van der Waals surface area contributed by atoms with Crippen LogP contribution in [0.15, 0.2) is 12.4 Å². The highest BCUT2D eigenvalue weighted by molar-refractivity contribution is 5.13. The van der Waals surface area contributed by atoms with Crippen LogP contribution in [0.3, 0.4) is 0 Å². The Labute approximate surface area is 91.9 Å². The molecule has 3 heteroatoms. The maximum atomic E-state index is 4.47. The first kappa shape index (κ1) is 10.7. The summed E-state index contributed by atoms with van der Waals surface area (Å²) in [6.07, 6.45) is 7.97. The van der Waals surface area contributed by atoms with Crippen LogP contribution >= 0.6 is 0 Å². The molecular formula is C12H21N3. The molecule has 1 saturated heterocycles. The third-order valence-electron chi connectivity index (χ3n) is 3.31. The fourth-order valence-corrected chi connectivity index (χ4v) is 2.29. The molecule has 0 bridgehead atoms. The molecule has 1 fully saturated rings. The maximum absolute atomic E-state index is 4.47. The van der Waals surface area contributed by atoms with E-state index < -0.39 is 0 Å². The highest BCUT2D eigenvalue weighted by atomic mass is 15.3. The van der Waals surface area contributed by atoms with Gasteiger partial charge in [-0.25, -0.2) is 0 Å². The van der Waals surface area contributed by atoms with E-state index in [9.17, 15) is 0 Å². The summed E-state index contributed by atoms with van der Waals surface area (Å²) in [5.41, 5.74) is 1.41. The number of hydrogen-bond donors (Lipinski definition) is 1. The molecule has 1 aromatic rings. The van der Waals surface area contributed by atoms with Gasteiger partial charge in [0.15, 0.2) is 0 Å². The van der Waals surface area contributed by atoms with Gasteiger partial charge in [-0.3, -0.25) is 4.68 Å². The highest BCUT2D eigenvalue weighted by Crippen LogP contribution is 2.23. The Bertz CT molecular complexity index is 300. The zero-order valence-corrected chi connectivity index (χ0v) is 9.74. The van der Waals surface area contributed by atoms with Crippen LogP contribution in [0, 0.1) is 0 Å². The van der Waals surface area contributed by atoms with Gasteiger partial charge in [0.1, 0.15) is 0 Å². The quantitative estimate of drug-likeness (QED) is 0.821. The second-order valence-electron chi connectivity index (χ2n) is 4.58. The van der Waals surface area contributed by atoms with E-state index in [4.69, 9.17) is 0 Å². The number of nitrogens with one attached hydrogen (secondary N) is 1. The molecule has 1 aliphatic rings. The Balaban J connectivity index is 2.02. The van der Waals surface area contributed by atoms with Gasteiger partial charge in [-0.2, -0.15) is 5.10 Å². The lowest BCUT2D eigenvalue weighted by atomic mass is 10.0. The first-order valence-corrected chi connectivity index (χ1v) is 6.06. The fourth-order valence-electron chi connectivity index (χ4n) is 2.29. The van der Waals surface area contributed by atoms with Gasteiger partial charge >= 0.3 is 0 Å². The van der Waals surface area contributed by atoms with Crippen molar-refractivity contribution < 1.29 is 0 Å². The maximum Gasteiger partial charge on any atom is 0.0525 e. The number of aromatic nitrogens is 2. The normalized spacial score (nSPS) is 23.2. The summed E-state index contributed by atoms with van der Waals surface area (Å²) in [5.74, 6) is 0.688. The zero-order chi connectivity index (χ0) is 10.7. The van der Waals surface area contributed by atoms with Crippen LogP contribution < -0.4 is 5.32 Å². The minimum absolute atomic E-state index is 0.540. The molecule has 1 N–H and O–H groups in total. The van der Waals surface area contributed by atoms with Crippen LogP contribution in [0.5, 0.6) is 0 Å². The van der Waals surface area contributed by atoms with Crippen LogP contribution in [-0.4, -0.2) is 22.9 Å². The molecule has 2 atom stereocenters. The summed E-state index contributed by atoms with van der Waals surface area (Å²) in [6, 6.07) is 0.540. The Morgan fingerprint density at radius 3 is 3.20 bits per heavy atom. The molecule has 1 unspecified atom stereocenters. The summed E-state index contributed by atoms with van der Waals surface area (Å²) in [5, 5.41) is 7.87. The highest BCUT2D eigenvalue weighted by Gasteiger charge is 2.18. The molecule has 0 aliphatic carbocycles. The van der Waals surface area contributed by atoms with E-state index in [1.54, 1.807) is 0 Å². The van der Waals surface area contributed by atoms with Gasteiger partial charge in [-0.05, 0) is 31.9 Å². The average molecular weight is 207 g/mol. The van der Waals surface area contributed by atoms with E-state index in [0.29, 0.717) is 12.0 Å². The van der Waals surface area contributed by atoms with E-state index in [1.165, 1.54) is 24.8 Å². The molecule has 0 saturated carbocycles. The molecule has 0 aromatic carbocycles. The molecule has 3 nitrogen and oxygen atoms in total. The van der Waals surface area contributed by atoms with E-state index in [-0.39, 0.29) is 0 Å². The summed E-state index contributed by atoms with van der Waals surface area (Å²) in [4.78, 5) is 0. The van der Waals surface area contributed by atoms with Crippen molar-refractivity contribution in [2.75, 3.05) is 13.1 Å². The van der Waals surface area contributed by atoms with Crippen LogP contribution in [0.4, 0.5) is 0 Å². The minimum atomic E-state index is 0.540. The second kappa shape index (κ2) is 4.79. The van der Waals surface area contributed by atoms with Crippen molar-refractivity contribution in [2.24, 2.45) is 0 Å². The van der Waals surface area contributed by atoms with Crippen LogP contribution in [0.25, 0.3) is 0 Å². The van der Waals surface area contributed by atoms with E-state index in [2.05, 4.69) is 35.1 Å². The monoisotopic (exact) mass is 207 g/mol. The second-order valence-corrected chi connectivity index (χ2v) is 4.58. The number of rotatable bonds is 4. The lowest BCUT2D eigenvalue weighted by Gasteiger charge is -2.10. The van der Waals surface area contributed by atoms with E-state index in [0.717, 1.165) is 13.1 Å². The molecule has 84 valence electrons. The Hall–Kier alpha value is -0.830. The van der Waals surface area contributed by atoms with Gasteiger partial charge in [0, 0.05) is 24.7 Å². The minimum Gasteiger partial charge on any atom is -0.316 e. The molecule has 0 amide bonds. The Kier molecular flexibility index (Phi) is 3.41. The van der Waals surface area contributed by atoms with Gasteiger partial charge in [0.25, 0.3) is 0 Å². The van der Waals surface area contributed by atoms with Gasteiger partial charge < -0.3 is 5.32 Å². The average Bonchev–Trinajstić information content (AvgIpc) is 2.89. The molecule has 0 spiro atoms. The van der Waals surface area contributed by atoms with Gasteiger partial charge in [0.05, 0.1) is 6.20 Å². The molecule has 2 rings (SSSR count). The van der Waals surface area contributed by atoms with E-state index in [1.807, 2.05) is 6.20 Å². The van der Waals surface area contributed by atoms with Crippen molar-refractivity contribution in [3.05, 3.63) is 18.0 Å². The smallest absolute Gasteiger partial charge is 0.0525 e. The van der Waals surface area contributed by atoms with Crippen LogP contribution in [0.1, 0.15) is 50.6 Å². The summed E-state index contributed by atoms with van der Waals surface area (Å²) in [7, 11) is 0. The molecule has 15 heavy (non-hydrogen) atoms. The van der Waals surface area contributed by atoms with Crippen molar-refractivity contribution in [1.82, 2.24) is 15.1 Å². The Morgan fingerprint density at radius 2 is 2.53 bits per heavy atom. The summed E-state index contributed by atoms with van der Waals surface area (Å²) >= 11 is 0. The van der Waals surface area contributed by atoms with Gasteiger partial charge in [-0.1, -0.05) is 13.3 Å². The van der Waals surface area contributed by atoms with E-state index >= 15 is 0 Å². The molecule has 1 aliphatic heterocycles. The van der Waals surface area contributed by atoms with Crippen molar-refractivity contribution in [3.63, 3.8) is 0 Å². The fraction of sp³-hybridized carbons (Fsp3) is 0.750. The topological polar surface area (TPSA) is 29.9 Å². The standard InChI is InChI=1S/C12H21N3/c1-3-4-10(2)15-9-12(8-14-15)11-5-6-13-7-11/h8-11,13H,3-7H2,1-2H3/t10?,11-/m1/s1. The number of hydrogen-bond acceptors (Lipinski definition) is 2. The molecular weight excluding hydrogens is 186 g/mol. The third-order valence-corrected chi connectivity index (χ3v) is 3.31. The number of nitrogens with zero attached hydrogens (tertiary/aromatic N) is 2. The van der Waals surface area contributed by atoms with Gasteiger partial charge in [0.2, 0.25) is 0 Å². The van der Waals surface area contributed by atoms with Crippen molar-refractivity contribution >= 4 is 0 Å². The Morgan fingerprint density at radius 1 is 1.67 bits per heavy atom. The first-order valence-electron chi connectivity index (χ1n) is 6.06. The van der Waals surface area contributed by atoms with Crippen molar-refractivity contribution in [2.45, 2.75) is 45.1 Å². The molecule has 2 heterocycles. The zero-order valence-electron chi connectivity index (χ0n) is 9.74. The largest absolute Gasteiger partial charge is 0.316 e. The third kappa shape index (κ3) is 2.40. The first-order chi connectivity index (χ1) is 7.31. The predicted molar refractivity (Wildman–Crippen MR) is 62.1 cm³/mol. The van der Waals surface area contributed by atoms with Crippen LogP contribution in [-0.2, 0) is 0 Å². The molecule has 1 aromatic heterocycles. The van der Waals surface area contributed by atoms with Crippen LogP contribution in [0.2, 0.25) is 0 Å². The SMILES string of the molecule is CCCC(C)n1cc([C@@H]2CCNC2)cn1. The lowest BCUT2D eigenvalue weighted by molar-refractivity contribution is 0.454. The summed E-state index contributed by atoms with van der Waals surface area (Å²) in [6.45, 7) is 6.74. The summed E-state index contributed by atoms with van der Waals surface area (Å²) < 4.78 is 2.12. The van der Waals surface area contributed by atoms with Crippen molar-refractivity contribution in [3.8, 4) is 0 Å². The lowest BCUT2D eigenvalue weighted by Crippen LogP contribution is -2.08. The predicted octanol–water partition coefficient (Wildman–Crippen LogP) is 2.32. The molecule has 0 radical (unpaired) electrons. The van der Waals surface area contributed by atoms with Crippen molar-refractivity contribution in [1.29, 1.82) is 0 Å².